The van der Waals surface area contributed by atoms with Crippen LogP contribution in [0.1, 0.15) is 37.4 Å². The molecule has 3 aromatic carbocycles. The van der Waals surface area contributed by atoms with Gasteiger partial charge in [0.1, 0.15) is 5.82 Å². The van der Waals surface area contributed by atoms with Gasteiger partial charge in [-0.1, -0.05) is 48.5 Å². The van der Waals surface area contributed by atoms with Crippen LogP contribution in [0.2, 0.25) is 0 Å². The van der Waals surface area contributed by atoms with Gasteiger partial charge >= 0.3 is 0 Å². The fourth-order valence-electron chi connectivity index (χ4n) is 4.45. The lowest BCUT2D eigenvalue weighted by Crippen LogP contribution is -2.47. The molecule has 2 atom stereocenters. The molecule has 0 aliphatic carbocycles. The fraction of sp³-hybridized carbons (Fsp3) is 0.231. The Labute approximate surface area is 181 Å². The van der Waals surface area contributed by atoms with Crippen LogP contribution >= 0.6 is 0 Å². The number of fused-ring (bicyclic) bond motifs is 1. The average molecular weight is 416 g/mol. The Kier molecular flexibility index (Phi) is 5.85. The summed E-state index contributed by atoms with van der Waals surface area (Å²) in [5.41, 5.74) is 3.36. The number of anilines is 2. The summed E-state index contributed by atoms with van der Waals surface area (Å²) in [4.78, 5) is 29.6. The first kappa shape index (κ1) is 20.8. The molecule has 0 unspecified atom stereocenters. The quantitative estimate of drug-likeness (QED) is 0.580. The van der Waals surface area contributed by atoms with Gasteiger partial charge in [-0.25, -0.2) is 4.39 Å². The van der Waals surface area contributed by atoms with Crippen molar-refractivity contribution in [1.29, 1.82) is 0 Å². The summed E-state index contributed by atoms with van der Waals surface area (Å²) in [5.74, 6) is -0.404. The first-order valence-corrected chi connectivity index (χ1v) is 10.5. The molecule has 31 heavy (non-hydrogen) atoms. The Bertz CT molecular complexity index is 1080. The Hall–Kier alpha value is -3.47. The Morgan fingerprint density at radius 1 is 0.968 bits per heavy atom. The molecule has 158 valence electrons. The summed E-state index contributed by atoms with van der Waals surface area (Å²) >= 11 is 0. The van der Waals surface area contributed by atoms with Gasteiger partial charge in [0.2, 0.25) is 11.8 Å². The van der Waals surface area contributed by atoms with E-state index >= 15 is 0 Å². The molecule has 0 aromatic heterocycles. The van der Waals surface area contributed by atoms with Crippen LogP contribution in [0, 0.1) is 5.82 Å². The second-order valence-corrected chi connectivity index (χ2v) is 7.95. The van der Waals surface area contributed by atoms with Gasteiger partial charge in [0, 0.05) is 24.3 Å². The summed E-state index contributed by atoms with van der Waals surface area (Å²) < 4.78 is 13.3. The topological polar surface area (TPSA) is 40.6 Å². The number of hydrogen-bond acceptors (Lipinski definition) is 2. The summed E-state index contributed by atoms with van der Waals surface area (Å²) in [7, 11) is 0. The molecule has 4 rings (SSSR count). The van der Waals surface area contributed by atoms with E-state index in [-0.39, 0.29) is 36.1 Å². The molecule has 2 amide bonds. The molecule has 4 nitrogen and oxygen atoms in total. The lowest BCUT2D eigenvalue weighted by atomic mass is 9.89. The van der Waals surface area contributed by atoms with Crippen LogP contribution in [0.15, 0.2) is 78.9 Å². The van der Waals surface area contributed by atoms with Crippen molar-refractivity contribution in [3.8, 4) is 0 Å². The number of halogens is 1. The molecule has 3 aromatic rings. The van der Waals surface area contributed by atoms with Gasteiger partial charge in [-0.3, -0.25) is 9.59 Å². The largest absolute Gasteiger partial charge is 0.309 e. The Morgan fingerprint density at radius 3 is 2.29 bits per heavy atom. The molecule has 1 heterocycles. The highest BCUT2D eigenvalue weighted by atomic mass is 19.1. The van der Waals surface area contributed by atoms with Gasteiger partial charge in [-0.15, -0.1) is 0 Å². The van der Waals surface area contributed by atoms with Gasteiger partial charge in [0.05, 0.1) is 12.5 Å². The van der Waals surface area contributed by atoms with Crippen LogP contribution in [0.4, 0.5) is 15.8 Å². The van der Waals surface area contributed by atoms with E-state index in [0.29, 0.717) is 6.42 Å². The molecular formula is C26H25FN2O2. The third kappa shape index (κ3) is 4.22. The normalized spacial score (nSPS) is 17.7. The fourth-order valence-corrected chi connectivity index (χ4v) is 4.45. The molecule has 0 radical (unpaired) electrons. The predicted molar refractivity (Wildman–Crippen MR) is 120 cm³/mol. The third-order valence-corrected chi connectivity index (χ3v) is 5.78. The van der Waals surface area contributed by atoms with E-state index < -0.39 is 0 Å². The highest BCUT2D eigenvalue weighted by Gasteiger charge is 2.37. The standard InChI is InChI=1S/C26H25FN2O2/c1-18-16-25(23-10-6-7-11-24(23)28(18)19(2)30)29(22-8-4-3-5-9-22)26(31)17-20-12-14-21(27)15-13-20/h3-15,18,25H,16-17H2,1-2H3/t18-,25+/m1/s1. The first-order valence-electron chi connectivity index (χ1n) is 10.5. The van der Waals surface area contributed by atoms with Crippen LogP contribution in [-0.2, 0) is 16.0 Å². The van der Waals surface area contributed by atoms with Crippen molar-refractivity contribution in [2.75, 3.05) is 9.80 Å². The number of amides is 2. The van der Waals surface area contributed by atoms with Crippen molar-refractivity contribution in [2.45, 2.75) is 38.8 Å². The summed E-state index contributed by atoms with van der Waals surface area (Å²) in [6.07, 6.45) is 0.791. The van der Waals surface area contributed by atoms with E-state index in [1.165, 1.54) is 12.1 Å². The van der Waals surface area contributed by atoms with Gasteiger partial charge in [-0.05, 0) is 54.8 Å². The lowest BCUT2D eigenvalue weighted by Gasteiger charge is -2.43. The van der Waals surface area contributed by atoms with Gasteiger partial charge in [-0.2, -0.15) is 0 Å². The van der Waals surface area contributed by atoms with E-state index in [0.717, 1.165) is 22.5 Å². The highest BCUT2D eigenvalue weighted by Crippen LogP contribution is 2.42. The van der Waals surface area contributed by atoms with Gasteiger partial charge in [0.25, 0.3) is 0 Å². The molecule has 0 bridgehead atoms. The van der Waals surface area contributed by atoms with E-state index in [4.69, 9.17) is 0 Å². The average Bonchev–Trinajstić information content (AvgIpc) is 2.76. The summed E-state index contributed by atoms with van der Waals surface area (Å²) in [6, 6.07) is 23.1. The highest BCUT2D eigenvalue weighted by molar-refractivity contribution is 5.98. The Balaban J connectivity index is 1.77. The van der Waals surface area contributed by atoms with Crippen LogP contribution < -0.4 is 9.80 Å². The second kappa shape index (κ2) is 8.72. The van der Waals surface area contributed by atoms with Crippen molar-refractivity contribution in [1.82, 2.24) is 0 Å². The zero-order chi connectivity index (χ0) is 22.0. The van der Waals surface area contributed by atoms with Crippen LogP contribution in [0.25, 0.3) is 0 Å². The number of para-hydroxylation sites is 2. The van der Waals surface area contributed by atoms with Crippen LogP contribution in [-0.4, -0.2) is 17.9 Å². The number of hydrogen-bond donors (Lipinski definition) is 0. The minimum Gasteiger partial charge on any atom is -0.309 e. The van der Waals surface area contributed by atoms with Crippen LogP contribution in [0.3, 0.4) is 0 Å². The molecule has 0 N–H and O–H groups in total. The minimum atomic E-state index is -0.324. The number of carbonyl (C=O) groups excluding carboxylic acids is 2. The zero-order valence-electron chi connectivity index (χ0n) is 17.7. The van der Waals surface area contributed by atoms with E-state index in [1.54, 1.807) is 24.0 Å². The molecule has 1 aliphatic heterocycles. The minimum absolute atomic E-state index is 0.0118. The number of carbonyl (C=O) groups is 2. The molecule has 5 heteroatoms. The maximum absolute atomic E-state index is 13.6. The molecule has 1 aliphatic rings. The SMILES string of the molecule is CC(=O)N1c2ccccc2[C@@H](N(C(=O)Cc2ccc(F)cc2)c2ccccc2)C[C@H]1C. The number of benzene rings is 3. The smallest absolute Gasteiger partial charge is 0.231 e. The second-order valence-electron chi connectivity index (χ2n) is 7.95. The van der Waals surface area contributed by atoms with Crippen molar-refractivity contribution in [3.63, 3.8) is 0 Å². The van der Waals surface area contributed by atoms with E-state index in [9.17, 15) is 14.0 Å². The lowest BCUT2D eigenvalue weighted by molar-refractivity contribution is -0.118. The van der Waals surface area contributed by atoms with Crippen molar-refractivity contribution in [2.24, 2.45) is 0 Å². The number of rotatable bonds is 4. The molecule has 0 spiro atoms. The van der Waals surface area contributed by atoms with Crippen molar-refractivity contribution in [3.05, 3.63) is 95.8 Å². The van der Waals surface area contributed by atoms with Crippen LogP contribution in [0.5, 0.6) is 0 Å². The van der Waals surface area contributed by atoms with Gasteiger partial charge in [0.15, 0.2) is 0 Å². The molecule has 0 saturated carbocycles. The van der Waals surface area contributed by atoms with Gasteiger partial charge < -0.3 is 9.80 Å². The summed E-state index contributed by atoms with van der Waals surface area (Å²) in [5, 5.41) is 0. The monoisotopic (exact) mass is 416 g/mol. The molecule has 0 saturated heterocycles. The Morgan fingerprint density at radius 2 is 1.61 bits per heavy atom. The predicted octanol–water partition coefficient (Wildman–Crippen LogP) is 5.29. The third-order valence-electron chi connectivity index (χ3n) is 5.78. The van der Waals surface area contributed by atoms with E-state index in [2.05, 4.69) is 0 Å². The molecular weight excluding hydrogens is 391 g/mol. The van der Waals surface area contributed by atoms with Crippen molar-refractivity contribution < 1.29 is 14.0 Å². The maximum atomic E-state index is 13.6. The number of nitrogens with zero attached hydrogens (tertiary/aromatic N) is 2. The van der Waals surface area contributed by atoms with E-state index in [1.807, 2.05) is 66.4 Å². The molecule has 0 fully saturated rings. The summed E-state index contributed by atoms with van der Waals surface area (Å²) in [6.45, 7) is 3.58. The maximum Gasteiger partial charge on any atom is 0.231 e. The first-order chi connectivity index (χ1) is 15.0. The van der Waals surface area contributed by atoms with Crippen molar-refractivity contribution >= 4 is 23.2 Å². The zero-order valence-corrected chi connectivity index (χ0v) is 17.7.